The third-order valence-corrected chi connectivity index (χ3v) is 3.70. The van der Waals surface area contributed by atoms with Crippen LogP contribution in [0.15, 0.2) is 0 Å². The molecule has 7 heteroatoms. The molecule has 0 aromatic carbocycles. The molecule has 120 valence electrons. The molecule has 0 saturated carbocycles. The summed E-state index contributed by atoms with van der Waals surface area (Å²) in [4.78, 5) is 14.3. The van der Waals surface area contributed by atoms with Gasteiger partial charge in [0.1, 0.15) is 0 Å². The van der Waals surface area contributed by atoms with Crippen molar-refractivity contribution in [2.24, 2.45) is 0 Å². The zero-order valence-electron chi connectivity index (χ0n) is 12.5. The number of hydrogen-bond donors (Lipinski definition) is 3. The van der Waals surface area contributed by atoms with E-state index in [4.69, 9.17) is 5.11 Å². The molecule has 0 unspecified atom stereocenters. The molecule has 2 rings (SSSR count). The second-order valence-corrected chi connectivity index (χ2v) is 5.18. The number of unbranched alkanes of at least 4 members (excludes halogenated alkanes) is 2. The van der Waals surface area contributed by atoms with Crippen molar-refractivity contribution in [2.75, 3.05) is 26.2 Å². The molecule has 1 aromatic heterocycles. The van der Waals surface area contributed by atoms with Gasteiger partial charge in [-0.2, -0.15) is 5.10 Å². The van der Waals surface area contributed by atoms with Gasteiger partial charge in [0.15, 0.2) is 5.69 Å². The minimum absolute atomic E-state index is 0. The Bertz CT molecular complexity index is 450. The Labute approximate surface area is 131 Å². The number of aliphatic hydroxyl groups is 1. The minimum atomic E-state index is -0.0728. The molecule has 3 N–H and O–H groups in total. The normalized spacial score (nSPS) is 13.4. The number of nitrogens with one attached hydrogen (secondary N) is 2. The summed E-state index contributed by atoms with van der Waals surface area (Å²) >= 11 is 0. The first kappa shape index (κ1) is 17.9. The first-order chi connectivity index (χ1) is 9.77. The first-order valence-electron chi connectivity index (χ1n) is 7.44. The van der Waals surface area contributed by atoms with Crippen LogP contribution in [0, 0.1) is 0 Å². The van der Waals surface area contributed by atoms with Crippen LogP contribution in [0.5, 0.6) is 0 Å². The Hall–Kier alpha value is -1.11. The monoisotopic (exact) mass is 316 g/mol. The summed E-state index contributed by atoms with van der Waals surface area (Å²) in [7, 11) is 0. The predicted octanol–water partition coefficient (Wildman–Crippen LogP) is 1.10. The van der Waals surface area contributed by atoms with Crippen molar-refractivity contribution in [2.45, 2.75) is 39.2 Å². The molecule has 1 amide bonds. The zero-order chi connectivity index (χ0) is 14.4. The highest BCUT2D eigenvalue weighted by Crippen LogP contribution is 2.17. The second-order valence-electron chi connectivity index (χ2n) is 5.18. The van der Waals surface area contributed by atoms with Crippen LogP contribution in [0.2, 0.25) is 0 Å². The third-order valence-electron chi connectivity index (χ3n) is 3.70. The van der Waals surface area contributed by atoms with Crippen LogP contribution < -0.4 is 5.32 Å². The number of nitrogens with zero attached hydrogens (tertiary/aromatic N) is 2. The van der Waals surface area contributed by atoms with Crippen molar-refractivity contribution in [3.05, 3.63) is 17.0 Å². The average molecular weight is 317 g/mol. The van der Waals surface area contributed by atoms with E-state index in [0.717, 1.165) is 43.5 Å². The van der Waals surface area contributed by atoms with Crippen molar-refractivity contribution in [1.82, 2.24) is 20.4 Å². The number of aromatic amines is 1. The number of aliphatic hydroxyl groups excluding tert-OH is 1. The Balaban J connectivity index is 0.00000220. The maximum Gasteiger partial charge on any atom is 0.274 e. The Morgan fingerprint density at radius 3 is 2.90 bits per heavy atom. The number of rotatable bonds is 7. The smallest absolute Gasteiger partial charge is 0.274 e. The Morgan fingerprint density at radius 1 is 1.38 bits per heavy atom. The van der Waals surface area contributed by atoms with Crippen LogP contribution in [-0.2, 0) is 13.0 Å². The molecule has 0 saturated heterocycles. The number of H-pyrrole nitrogens is 1. The van der Waals surface area contributed by atoms with Gasteiger partial charge in [-0.3, -0.25) is 9.89 Å². The lowest BCUT2D eigenvalue weighted by Gasteiger charge is -2.22. The van der Waals surface area contributed by atoms with E-state index in [1.54, 1.807) is 4.90 Å². The van der Waals surface area contributed by atoms with Crippen LogP contribution >= 0.6 is 12.4 Å². The molecule has 6 nitrogen and oxygen atoms in total. The molecule has 1 aliphatic rings. The van der Waals surface area contributed by atoms with Crippen LogP contribution in [-0.4, -0.2) is 52.4 Å². The van der Waals surface area contributed by atoms with Gasteiger partial charge in [-0.15, -0.1) is 12.4 Å². The Morgan fingerprint density at radius 2 is 2.19 bits per heavy atom. The Kier molecular flexibility index (Phi) is 7.71. The summed E-state index contributed by atoms with van der Waals surface area (Å²) in [5, 5.41) is 19.6. The summed E-state index contributed by atoms with van der Waals surface area (Å²) < 4.78 is 0. The molecular formula is C14H25ClN4O2. The van der Waals surface area contributed by atoms with Crippen LogP contribution in [0.4, 0.5) is 0 Å². The number of hydrogen-bond acceptors (Lipinski definition) is 4. The molecule has 0 aliphatic carbocycles. The van der Waals surface area contributed by atoms with E-state index in [9.17, 15) is 4.79 Å². The molecule has 0 radical (unpaired) electrons. The highest BCUT2D eigenvalue weighted by atomic mass is 35.5. The van der Waals surface area contributed by atoms with Gasteiger partial charge in [0.2, 0.25) is 0 Å². The van der Waals surface area contributed by atoms with Crippen molar-refractivity contribution in [3.8, 4) is 0 Å². The van der Waals surface area contributed by atoms with Gasteiger partial charge >= 0.3 is 0 Å². The minimum Gasteiger partial charge on any atom is -0.395 e. The van der Waals surface area contributed by atoms with E-state index < -0.39 is 0 Å². The van der Waals surface area contributed by atoms with Gasteiger partial charge in [-0.05, 0) is 6.42 Å². The van der Waals surface area contributed by atoms with E-state index in [2.05, 4.69) is 22.4 Å². The van der Waals surface area contributed by atoms with Crippen LogP contribution in [0.3, 0.4) is 0 Å². The number of fused-ring (bicyclic) bond motifs is 1. The molecule has 2 heterocycles. The van der Waals surface area contributed by atoms with Gasteiger partial charge in [-0.1, -0.05) is 19.8 Å². The number of amides is 1. The number of carbonyl (C=O) groups excluding carboxylic acids is 1. The summed E-state index contributed by atoms with van der Waals surface area (Å²) in [5.41, 5.74) is 2.56. The third kappa shape index (κ3) is 4.43. The van der Waals surface area contributed by atoms with Crippen molar-refractivity contribution >= 4 is 18.3 Å². The topological polar surface area (TPSA) is 81.2 Å². The maximum atomic E-state index is 12.6. The van der Waals surface area contributed by atoms with E-state index in [-0.39, 0.29) is 24.9 Å². The predicted molar refractivity (Wildman–Crippen MR) is 83.8 cm³/mol. The van der Waals surface area contributed by atoms with Gasteiger partial charge in [0, 0.05) is 43.9 Å². The van der Waals surface area contributed by atoms with Crippen molar-refractivity contribution in [3.63, 3.8) is 0 Å². The summed E-state index contributed by atoms with van der Waals surface area (Å²) in [6.45, 7) is 4.78. The second kappa shape index (κ2) is 9.02. The fraction of sp³-hybridized carbons (Fsp3) is 0.714. The molecule has 1 aliphatic heterocycles. The van der Waals surface area contributed by atoms with Gasteiger partial charge in [-0.25, -0.2) is 0 Å². The molecule has 0 bridgehead atoms. The van der Waals surface area contributed by atoms with E-state index in [1.807, 2.05) is 0 Å². The highest BCUT2D eigenvalue weighted by Gasteiger charge is 2.25. The van der Waals surface area contributed by atoms with Gasteiger partial charge < -0.3 is 15.3 Å². The largest absolute Gasteiger partial charge is 0.395 e. The molecule has 21 heavy (non-hydrogen) atoms. The standard InChI is InChI=1S/C14H24N4O2.ClH/c1-2-3-4-7-18(8-9-19)14(20)13-11-10-15-6-5-12(11)16-17-13;/h15,19H,2-10H2,1H3,(H,16,17);1H. The van der Waals surface area contributed by atoms with Crippen LogP contribution in [0.25, 0.3) is 0 Å². The van der Waals surface area contributed by atoms with Crippen LogP contribution in [0.1, 0.15) is 47.9 Å². The quantitative estimate of drug-likeness (QED) is 0.658. The van der Waals surface area contributed by atoms with E-state index >= 15 is 0 Å². The average Bonchev–Trinajstić information content (AvgIpc) is 2.90. The SMILES string of the molecule is CCCCCN(CCO)C(=O)c1n[nH]c2c1CNCC2.Cl. The molecule has 0 spiro atoms. The van der Waals surface area contributed by atoms with E-state index in [1.165, 1.54) is 0 Å². The molecule has 0 atom stereocenters. The number of aromatic nitrogens is 2. The number of carbonyl (C=O) groups is 1. The van der Waals surface area contributed by atoms with Crippen molar-refractivity contribution < 1.29 is 9.90 Å². The molecular weight excluding hydrogens is 292 g/mol. The van der Waals surface area contributed by atoms with Crippen molar-refractivity contribution in [1.29, 1.82) is 0 Å². The van der Waals surface area contributed by atoms with Gasteiger partial charge in [0.05, 0.1) is 6.61 Å². The first-order valence-corrected chi connectivity index (χ1v) is 7.44. The fourth-order valence-corrected chi connectivity index (χ4v) is 2.54. The lowest BCUT2D eigenvalue weighted by molar-refractivity contribution is 0.0711. The summed E-state index contributed by atoms with van der Waals surface area (Å²) in [6.07, 6.45) is 4.05. The van der Waals surface area contributed by atoms with Gasteiger partial charge in [0.25, 0.3) is 5.91 Å². The molecule has 0 fully saturated rings. The maximum absolute atomic E-state index is 12.6. The lowest BCUT2D eigenvalue weighted by Crippen LogP contribution is -2.36. The number of halogens is 1. The summed E-state index contributed by atoms with van der Waals surface area (Å²) in [6, 6.07) is 0. The summed E-state index contributed by atoms with van der Waals surface area (Å²) in [5.74, 6) is -0.0728. The zero-order valence-corrected chi connectivity index (χ0v) is 13.3. The highest BCUT2D eigenvalue weighted by molar-refractivity contribution is 5.94. The lowest BCUT2D eigenvalue weighted by atomic mass is 10.1. The molecule has 1 aromatic rings. The fourth-order valence-electron chi connectivity index (χ4n) is 2.54. The van der Waals surface area contributed by atoms with E-state index in [0.29, 0.717) is 25.3 Å².